The monoisotopic (exact) mass is 261 g/mol. The van der Waals surface area contributed by atoms with Crippen LogP contribution in [0.2, 0.25) is 5.15 Å². The van der Waals surface area contributed by atoms with Gasteiger partial charge in [0.05, 0.1) is 17.4 Å². The zero-order chi connectivity index (χ0) is 13.0. The largest absolute Gasteiger partial charge is 0.380 e. The number of benzene rings is 1. The van der Waals surface area contributed by atoms with Gasteiger partial charge in [0.2, 0.25) is 0 Å². The van der Waals surface area contributed by atoms with E-state index in [-0.39, 0.29) is 5.56 Å². The molecule has 0 spiro atoms. The Balaban J connectivity index is 2.06. The first-order valence-corrected chi connectivity index (χ1v) is 5.61. The van der Waals surface area contributed by atoms with Gasteiger partial charge in [0.1, 0.15) is 17.0 Å². The highest BCUT2D eigenvalue weighted by atomic mass is 35.5. The fraction of sp³-hybridized carbons (Fsp3) is 0.0769. The van der Waals surface area contributed by atoms with Crippen LogP contribution in [0, 0.1) is 17.1 Å². The summed E-state index contributed by atoms with van der Waals surface area (Å²) in [5.41, 5.74) is 1.67. The first-order chi connectivity index (χ1) is 8.69. The minimum absolute atomic E-state index is 0.0449. The summed E-state index contributed by atoms with van der Waals surface area (Å²) in [6, 6.07) is 9.72. The maximum Gasteiger partial charge on any atom is 0.140 e. The Kier molecular flexibility index (Phi) is 3.75. The van der Waals surface area contributed by atoms with Crippen molar-refractivity contribution in [2.75, 3.05) is 5.32 Å². The standard InChI is InChI=1S/C13H9ClFN3/c14-13-4-2-11(8-18-13)17-7-9-1-3-12(15)10(5-9)6-16/h1-5,8,17H,7H2. The van der Waals surface area contributed by atoms with E-state index in [9.17, 15) is 4.39 Å². The Bertz CT molecular complexity index is 590. The summed E-state index contributed by atoms with van der Waals surface area (Å²) in [5.74, 6) is -0.505. The SMILES string of the molecule is N#Cc1cc(CNc2ccc(Cl)nc2)ccc1F. The minimum atomic E-state index is -0.505. The van der Waals surface area contributed by atoms with E-state index >= 15 is 0 Å². The van der Waals surface area contributed by atoms with E-state index < -0.39 is 5.82 Å². The second kappa shape index (κ2) is 5.48. The number of halogens is 2. The van der Waals surface area contributed by atoms with E-state index in [1.165, 1.54) is 12.1 Å². The van der Waals surface area contributed by atoms with Crippen LogP contribution in [0.15, 0.2) is 36.5 Å². The normalized spacial score (nSPS) is 9.83. The van der Waals surface area contributed by atoms with Crippen molar-refractivity contribution in [1.82, 2.24) is 4.98 Å². The van der Waals surface area contributed by atoms with Crippen LogP contribution in [0.1, 0.15) is 11.1 Å². The lowest BCUT2D eigenvalue weighted by molar-refractivity contribution is 0.623. The molecule has 2 rings (SSSR count). The van der Waals surface area contributed by atoms with E-state index in [0.29, 0.717) is 11.7 Å². The van der Waals surface area contributed by atoms with Gasteiger partial charge in [-0.05, 0) is 29.8 Å². The van der Waals surface area contributed by atoms with Gasteiger partial charge in [0.15, 0.2) is 0 Å². The average Bonchev–Trinajstić information content (AvgIpc) is 2.39. The number of hydrogen-bond donors (Lipinski definition) is 1. The van der Waals surface area contributed by atoms with Gasteiger partial charge in [-0.2, -0.15) is 5.26 Å². The molecule has 0 amide bonds. The Morgan fingerprint density at radius 2 is 2.17 bits per heavy atom. The lowest BCUT2D eigenvalue weighted by Crippen LogP contribution is -2.00. The average molecular weight is 262 g/mol. The van der Waals surface area contributed by atoms with E-state index in [0.717, 1.165) is 11.3 Å². The summed E-state index contributed by atoms with van der Waals surface area (Å²) in [6.45, 7) is 0.484. The van der Waals surface area contributed by atoms with Crippen LogP contribution < -0.4 is 5.32 Å². The molecular formula is C13H9ClFN3. The second-order valence-electron chi connectivity index (χ2n) is 3.65. The molecule has 0 saturated heterocycles. The van der Waals surface area contributed by atoms with E-state index in [1.54, 1.807) is 24.4 Å². The molecule has 0 fully saturated rings. The molecule has 0 radical (unpaired) electrons. The molecular weight excluding hydrogens is 253 g/mol. The topological polar surface area (TPSA) is 48.7 Å². The van der Waals surface area contributed by atoms with Gasteiger partial charge < -0.3 is 5.32 Å². The molecule has 5 heteroatoms. The maximum absolute atomic E-state index is 13.1. The highest BCUT2D eigenvalue weighted by Gasteiger charge is 2.02. The third-order valence-electron chi connectivity index (χ3n) is 2.38. The molecule has 0 aliphatic heterocycles. The molecule has 0 saturated carbocycles. The number of anilines is 1. The molecule has 0 aliphatic rings. The van der Waals surface area contributed by atoms with Crippen LogP contribution >= 0.6 is 11.6 Å². The minimum Gasteiger partial charge on any atom is -0.380 e. The van der Waals surface area contributed by atoms with Gasteiger partial charge in [-0.3, -0.25) is 0 Å². The van der Waals surface area contributed by atoms with Crippen molar-refractivity contribution >= 4 is 17.3 Å². The summed E-state index contributed by atoms with van der Waals surface area (Å²) in [6.07, 6.45) is 1.61. The maximum atomic E-state index is 13.1. The summed E-state index contributed by atoms with van der Waals surface area (Å²) in [5, 5.41) is 12.3. The predicted molar refractivity (Wildman–Crippen MR) is 67.7 cm³/mol. The zero-order valence-corrected chi connectivity index (χ0v) is 10.1. The molecule has 18 heavy (non-hydrogen) atoms. The van der Waals surface area contributed by atoms with Crippen molar-refractivity contribution in [3.05, 3.63) is 58.6 Å². The molecule has 0 bridgehead atoms. The number of nitrogens with zero attached hydrogens (tertiary/aromatic N) is 2. The number of aromatic nitrogens is 1. The van der Waals surface area contributed by atoms with Crippen molar-refractivity contribution in [1.29, 1.82) is 5.26 Å². The Labute approximate surface area is 109 Å². The summed E-state index contributed by atoms with van der Waals surface area (Å²) in [7, 11) is 0. The van der Waals surface area contributed by atoms with Gasteiger partial charge in [-0.15, -0.1) is 0 Å². The first kappa shape index (κ1) is 12.3. The smallest absolute Gasteiger partial charge is 0.140 e. The molecule has 1 aromatic carbocycles. The number of pyridine rings is 1. The third-order valence-corrected chi connectivity index (χ3v) is 2.60. The number of rotatable bonds is 3. The molecule has 0 atom stereocenters. The van der Waals surface area contributed by atoms with Gasteiger partial charge in [-0.25, -0.2) is 9.37 Å². The molecule has 1 N–H and O–H groups in total. The van der Waals surface area contributed by atoms with E-state index in [1.807, 2.05) is 6.07 Å². The summed E-state index contributed by atoms with van der Waals surface area (Å²) in [4.78, 5) is 3.93. The van der Waals surface area contributed by atoms with Gasteiger partial charge in [-0.1, -0.05) is 17.7 Å². The predicted octanol–water partition coefficient (Wildman–Crippen LogP) is 3.36. The van der Waals surface area contributed by atoms with E-state index in [4.69, 9.17) is 16.9 Å². The van der Waals surface area contributed by atoms with Crippen LogP contribution in [0.4, 0.5) is 10.1 Å². The Morgan fingerprint density at radius 1 is 1.33 bits per heavy atom. The zero-order valence-electron chi connectivity index (χ0n) is 9.32. The van der Waals surface area contributed by atoms with Crippen LogP contribution in [0.3, 0.4) is 0 Å². The van der Waals surface area contributed by atoms with Crippen molar-refractivity contribution in [2.45, 2.75) is 6.54 Å². The fourth-order valence-corrected chi connectivity index (χ4v) is 1.56. The second-order valence-corrected chi connectivity index (χ2v) is 4.04. The lowest BCUT2D eigenvalue weighted by Gasteiger charge is -2.06. The summed E-state index contributed by atoms with van der Waals surface area (Å²) >= 11 is 5.67. The van der Waals surface area contributed by atoms with E-state index in [2.05, 4.69) is 10.3 Å². The van der Waals surface area contributed by atoms with Crippen LogP contribution in [-0.2, 0) is 6.54 Å². The van der Waals surface area contributed by atoms with Gasteiger partial charge in [0, 0.05) is 6.54 Å². The van der Waals surface area contributed by atoms with Crippen LogP contribution in [0.5, 0.6) is 0 Å². The van der Waals surface area contributed by atoms with Gasteiger partial charge in [0.25, 0.3) is 0 Å². The summed E-state index contributed by atoms with van der Waals surface area (Å²) < 4.78 is 13.1. The quantitative estimate of drug-likeness (QED) is 0.862. The number of nitriles is 1. The lowest BCUT2D eigenvalue weighted by atomic mass is 10.1. The molecule has 0 unspecified atom stereocenters. The molecule has 90 valence electrons. The molecule has 0 aliphatic carbocycles. The molecule has 1 aromatic heterocycles. The Morgan fingerprint density at radius 3 is 2.83 bits per heavy atom. The molecule has 3 nitrogen and oxygen atoms in total. The first-order valence-electron chi connectivity index (χ1n) is 5.23. The number of hydrogen-bond acceptors (Lipinski definition) is 3. The molecule has 2 aromatic rings. The van der Waals surface area contributed by atoms with Crippen molar-refractivity contribution in [3.8, 4) is 6.07 Å². The van der Waals surface area contributed by atoms with Crippen molar-refractivity contribution in [3.63, 3.8) is 0 Å². The van der Waals surface area contributed by atoms with Gasteiger partial charge >= 0.3 is 0 Å². The molecule has 1 heterocycles. The number of nitrogens with one attached hydrogen (secondary N) is 1. The van der Waals surface area contributed by atoms with Crippen LogP contribution in [0.25, 0.3) is 0 Å². The van der Waals surface area contributed by atoms with Crippen molar-refractivity contribution < 1.29 is 4.39 Å². The highest BCUT2D eigenvalue weighted by Crippen LogP contribution is 2.13. The fourth-order valence-electron chi connectivity index (χ4n) is 1.45. The van der Waals surface area contributed by atoms with Crippen LogP contribution in [-0.4, -0.2) is 4.98 Å². The Hall–Kier alpha value is -2.12. The third kappa shape index (κ3) is 2.96. The highest BCUT2D eigenvalue weighted by molar-refractivity contribution is 6.29. The van der Waals surface area contributed by atoms with Crippen molar-refractivity contribution in [2.24, 2.45) is 0 Å².